The van der Waals surface area contributed by atoms with E-state index in [2.05, 4.69) is 9.47 Å². The molecule has 1 rings (SSSR count). The summed E-state index contributed by atoms with van der Waals surface area (Å²) in [6.07, 6.45) is 1.55. The summed E-state index contributed by atoms with van der Waals surface area (Å²) in [7, 11) is 2.56. The lowest BCUT2D eigenvalue weighted by Crippen LogP contribution is -2.10. The fourth-order valence-electron chi connectivity index (χ4n) is 1.09. The third-order valence-electron chi connectivity index (χ3n) is 1.87. The summed E-state index contributed by atoms with van der Waals surface area (Å²) in [5.41, 5.74) is 0.289. The number of ether oxygens (including phenoxy) is 2. The molecule has 1 heterocycles. The van der Waals surface area contributed by atoms with Crippen molar-refractivity contribution in [3.63, 3.8) is 0 Å². The van der Waals surface area contributed by atoms with Crippen molar-refractivity contribution in [1.82, 2.24) is 0 Å². The highest BCUT2D eigenvalue weighted by Gasteiger charge is 2.14. The van der Waals surface area contributed by atoms with Crippen molar-refractivity contribution in [2.24, 2.45) is 0 Å². The van der Waals surface area contributed by atoms with Gasteiger partial charge in [-0.15, -0.1) is 11.3 Å². The van der Waals surface area contributed by atoms with Crippen LogP contribution in [0.5, 0.6) is 0 Å². The van der Waals surface area contributed by atoms with E-state index >= 15 is 0 Å². The molecule has 0 saturated carbocycles. The standard InChI is InChI=1S/C11H12O4S/c1-14-10(12)7-8(11(13)15-2)6-9-4-3-5-16-9/h3-6H,7H2,1-2H3/b8-6-. The van der Waals surface area contributed by atoms with Gasteiger partial charge in [-0.3, -0.25) is 4.79 Å². The van der Waals surface area contributed by atoms with Crippen LogP contribution in [0.25, 0.3) is 6.08 Å². The topological polar surface area (TPSA) is 52.6 Å². The van der Waals surface area contributed by atoms with E-state index in [1.165, 1.54) is 25.6 Å². The van der Waals surface area contributed by atoms with Gasteiger partial charge in [0.2, 0.25) is 0 Å². The molecule has 0 radical (unpaired) electrons. The zero-order valence-corrected chi connectivity index (χ0v) is 9.87. The minimum Gasteiger partial charge on any atom is -0.469 e. The van der Waals surface area contributed by atoms with Crippen molar-refractivity contribution in [3.05, 3.63) is 28.0 Å². The Balaban J connectivity index is 2.87. The van der Waals surface area contributed by atoms with Crippen LogP contribution in [0.4, 0.5) is 0 Å². The molecule has 5 heteroatoms. The number of hydrogen-bond acceptors (Lipinski definition) is 5. The smallest absolute Gasteiger partial charge is 0.334 e. The number of esters is 2. The third-order valence-corrected chi connectivity index (χ3v) is 2.69. The molecule has 0 atom stereocenters. The molecule has 0 N–H and O–H groups in total. The Morgan fingerprint density at radius 1 is 1.38 bits per heavy atom. The lowest BCUT2D eigenvalue weighted by Gasteiger charge is -2.03. The monoisotopic (exact) mass is 240 g/mol. The van der Waals surface area contributed by atoms with Gasteiger partial charge in [0.1, 0.15) is 0 Å². The van der Waals surface area contributed by atoms with E-state index in [1.807, 2.05) is 17.5 Å². The first kappa shape index (κ1) is 12.4. The molecule has 0 aliphatic carbocycles. The predicted molar refractivity (Wildman–Crippen MR) is 60.9 cm³/mol. The van der Waals surface area contributed by atoms with Crippen LogP contribution in [0.3, 0.4) is 0 Å². The number of carbonyl (C=O) groups excluding carboxylic acids is 2. The van der Waals surface area contributed by atoms with Crippen LogP contribution in [0, 0.1) is 0 Å². The Bertz CT molecular complexity index is 392. The molecule has 0 aliphatic rings. The van der Waals surface area contributed by atoms with Gasteiger partial charge < -0.3 is 9.47 Å². The van der Waals surface area contributed by atoms with E-state index < -0.39 is 11.9 Å². The van der Waals surface area contributed by atoms with Gasteiger partial charge >= 0.3 is 11.9 Å². The minimum absolute atomic E-state index is 0.0823. The lowest BCUT2D eigenvalue weighted by molar-refractivity contribution is -0.143. The van der Waals surface area contributed by atoms with E-state index in [0.717, 1.165) is 4.88 Å². The van der Waals surface area contributed by atoms with Crippen LogP contribution in [0.2, 0.25) is 0 Å². The van der Waals surface area contributed by atoms with Gasteiger partial charge in [-0.05, 0) is 17.5 Å². The normalized spacial score (nSPS) is 11.0. The Hall–Kier alpha value is -1.62. The van der Waals surface area contributed by atoms with Crippen LogP contribution in [-0.2, 0) is 19.1 Å². The molecule has 0 unspecified atom stereocenters. The summed E-state index contributed by atoms with van der Waals surface area (Å²) < 4.78 is 9.11. The first-order chi connectivity index (χ1) is 7.67. The van der Waals surface area contributed by atoms with E-state index in [4.69, 9.17) is 0 Å². The quantitative estimate of drug-likeness (QED) is 0.595. The van der Waals surface area contributed by atoms with Gasteiger partial charge in [-0.1, -0.05) is 6.07 Å². The Kier molecular flexibility index (Phi) is 4.72. The van der Waals surface area contributed by atoms with Crippen molar-refractivity contribution in [1.29, 1.82) is 0 Å². The summed E-state index contributed by atoms with van der Waals surface area (Å²) in [4.78, 5) is 23.4. The highest BCUT2D eigenvalue weighted by Crippen LogP contribution is 2.16. The number of thiophene rings is 1. The Labute approximate surface area is 97.5 Å². The maximum absolute atomic E-state index is 11.4. The van der Waals surface area contributed by atoms with Crippen LogP contribution in [0.15, 0.2) is 23.1 Å². The zero-order chi connectivity index (χ0) is 12.0. The summed E-state index contributed by atoms with van der Waals surface area (Å²) >= 11 is 1.48. The molecule has 0 amide bonds. The third kappa shape index (κ3) is 3.51. The Morgan fingerprint density at radius 3 is 2.62 bits per heavy atom. The van der Waals surface area contributed by atoms with Gasteiger partial charge in [0, 0.05) is 10.5 Å². The Morgan fingerprint density at radius 2 is 2.12 bits per heavy atom. The molecular weight excluding hydrogens is 228 g/mol. The molecule has 0 fully saturated rings. The van der Waals surface area contributed by atoms with Crippen molar-refractivity contribution in [2.45, 2.75) is 6.42 Å². The van der Waals surface area contributed by atoms with E-state index in [9.17, 15) is 9.59 Å². The second-order valence-corrected chi connectivity index (χ2v) is 3.91. The van der Waals surface area contributed by atoms with E-state index in [0.29, 0.717) is 0 Å². The molecule has 0 bridgehead atoms. The fourth-order valence-corrected chi connectivity index (χ4v) is 1.77. The first-order valence-electron chi connectivity index (χ1n) is 4.56. The molecule has 86 valence electrons. The minimum atomic E-state index is -0.515. The summed E-state index contributed by atoms with van der Waals surface area (Å²) in [5.74, 6) is -0.980. The van der Waals surface area contributed by atoms with Crippen LogP contribution in [0.1, 0.15) is 11.3 Å². The van der Waals surface area contributed by atoms with Crippen molar-refractivity contribution in [2.75, 3.05) is 14.2 Å². The van der Waals surface area contributed by atoms with Crippen molar-refractivity contribution in [3.8, 4) is 0 Å². The number of rotatable bonds is 4. The van der Waals surface area contributed by atoms with Crippen LogP contribution >= 0.6 is 11.3 Å². The fraction of sp³-hybridized carbons (Fsp3) is 0.273. The number of carbonyl (C=O) groups is 2. The second kappa shape index (κ2) is 6.07. The second-order valence-electron chi connectivity index (χ2n) is 2.93. The van der Waals surface area contributed by atoms with Gasteiger partial charge in [-0.2, -0.15) is 0 Å². The molecule has 0 saturated heterocycles. The largest absolute Gasteiger partial charge is 0.469 e. The van der Waals surface area contributed by atoms with E-state index in [1.54, 1.807) is 6.08 Å². The first-order valence-corrected chi connectivity index (χ1v) is 5.44. The zero-order valence-electron chi connectivity index (χ0n) is 9.06. The predicted octanol–water partition coefficient (Wildman–Crippen LogP) is 1.87. The van der Waals surface area contributed by atoms with Crippen molar-refractivity contribution >= 4 is 29.4 Å². The highest BCUT2D eigenvalue weighted by atomic mass is 32.1. The molecule has 1 aromatic heterocycles. The summed E-state index contributed by atoms with van der Waals surface area (Å²) in [6.45, 7) is 0. The average Bonchev–Trinajstić information content (AvgIpc) is 2.79. The highest BCUT2D eigenvalue weighted by molar-refractivity contribution is 7.10. The summed E-state index contributed by atoms with van der Waals surface area (Å²) in [6, 6.07) is 3.72. The van der Waals surface area contributed by atoms with Crippen molar-refractivity contribution < 1.29 is 19.1 Å². The molecule has 16 heavy (non-hydrogen) atoms. The molecule has 0 spiro atoms. The van der Waals surface area contributed by atoms with Gasteiger partial charge in [0.05, 0.1) is 20.6 Å². The van der Waals surface area contributed by atoms with Gasteiger partial charge in [0.25, 0.3) is 0 Å². The summed E-state index contributed by atoms with van der Waals surface area (Å²) in [5, 5.41) is 1.89. The maximum Gasteiger partial charge on any atom is 0.334 e. The van der Waals surface area contributed by atoms with Crippen LogP contribution in [-0.4, -0.2) is 26.2 Å². The molecule has 0 aromatic carbocycles. The SMILES string of the molecule is COC(=O)C/C(=C/c1cccs1)C(=O)OC. The molecule has 4 nitrogen and oxygen atoms in total. The average molecular weight is 240 g/mol. The molecular formula is C11H12O4S. The maximum atomic E-state index is 11.4. The lowest BCUT2D eigenvalue weighted by atomic mass is 10.1. The molecule has 0 aliphatic heterocycles. The number of methoxy groups -OCH3 is 2. The van der Waals surface area contributed by atoms with Crippen LogP contribution < -0.4 is 0 Å². The molecule has 1 aromatic rings. The van der Waals surface area contributed by atoms with Gasteiger partial charge in [0.15, 0.2) is 0 Å². The van der Waals surface area contributed by atoms with E-state index in [-0.39, 0.29) is 12.0 Å². The van der Waals surface area contributed by atoms with Gasteiger partial charge in [-0.25, -0.2) is 4.79 Å². The number of hydrogen-bond donors (Lipinski definition) is 0.